The summed E-state index contributed by atoms with van der Waals surface area (Å²) in [4.78, 5) is 2.44. The molecule has 0 saturated heterocycles. The third-order valence-electron chi connectivity index (χ3n) is 4.41. The monoisotopic (exact) mass is 256 g/mol. The molecule has 0 heterocycles. The molecule has 3 N–H and O–H groups in total. The Morgan fingerprint density at radius 1 is 1.28 bits per heavy atom. The second-order valence-electron chi connectivity index (χ2n) is 6.53. The molecular formula is C15H32N2O. The first kappa shape index (κ1) is 15.9. The number of hydrogen-bond donors (Lipinski definition) is 2. The van der Waals surface area contributed by atoms with E-state index >= 15 is 0 Å². The highest BCUT2D eigenvalue weighted by Crippen LogP contribution is 2.34. The standard InChI is InChI=1S/C15H32N2O/c1-5-12-7-8-13(10-16)14(9-12)17(6-2)11-15(3,4)18/h12-14,18H,5-11,16H2,1-4H3. The molecule has 0 bridgehead atoms. The van der Waals surface area contributed by atoms with Gasteiger partial charge in [0, 0.05) is 12.6 Å². The summed E-state index contributed by atoms with van der Waals surface area (Å²) in [5, 5.41) is 10.1. The number of aliphatic hydroxyl groups is 1. The van der Waals surface area contributed by atoms with Gasteiger partial charge in [-0.15, -0.1) is 0 Å². The lowest BCUT2D eigenvalue weighted by molar-refractivity contribution is -0.00334. The van der Waals surface area contributed by atoms with Gasteiger partial charge in [-0.3, -0.25) is 4.90 Å². The molecule has 3 unspecified atom stereocenters. The van der Waals surface area contributed by atoms with Gasteiger partial charge in [-0.1, -0.05) is 26.7 Å². The van der Waals surface area contributed by atoms with E-state index in [1.54, 1.807) is 0 Å². The molecule has 1 rings (SSSR count). The van der Waals surface area contributed by atoms with E-state index in [1.165, 1.54) is 25.7 Å². The Morgan fingerprint density at radius 3 is 2.39 bits per heavy atom. The summed E-state index contributed by atoms with van der Waals surface area (Å²) in [6, 6.07) is 0.560. The molecule has 3 atom stereocenters. The molecule has 1 aliphatic rings. The van der Waals surface area contributed by atoms with Gasteiger partial charge < -0.3 is 10.8 Å². The van der Waals surface area contributed by atoms with E-state index in [-0.39, 0.29) is 0 Å². The maximum Gasteiger partial charge on any atom is 0.0718 e. The molecule has 1 aliphatic carbocycles. The Kier molecular flexibility index (Phi) is 6.09. The quantitative estimate of drug-likeness (QED) is 0.766. The van der Waals surface area contributed by atoms with E-state index in [0.717, 1.165) is 25.6 Å². The van der Waals surface area contributed by atoms with Crippen LogP contribution in [0.3, 0.4) is 0 Å². The summed E-state index contributed by atoms with van der Waals surface area (Å²) in [6.45, 7) is 10.8. The lowest BCUT2D eigenvalue weighted by Crippen LogP contribution is -2.51. The van der Waals surface area contributed by atoms with Gasteiger partial charge in [0.1, 0.15) is 0 Å². The van der Waals surface area contributed by atoms with Gasteiger partial charge in [-0.05, 0) is 51.6 Å². The van der Waals surface area contributed by atoms with Crippen molar-refractivity contribution in [3.05, 3.63) is 0 Å². The van der Waals surface area contributed by atoms with Crippen LogP contribution in [0.1, 0.15) is 53.4 Å². The largest absolute Gasteiger partial charge is 0.389 e. The normalized spacial score (nSPS) is 29.8. The third kappa shape index (κ3) is 4.52. The van der Waals surface area contributed by atoms with Crippen LogP contribution in [0.25, 0.3) is 0 Å². The zero-order chi connectivity index (χ0) is 13.8. The number of nitrogens with zero attached hydrogens (tertiary/aromatic N) is 1. The van der Waals surface area contributed by atoms with Gasteiger partial charge >= 0.3 is 0 Å². The van der Waals surface area contributed by atoms with E-state index in [1.807, 2.05) is 13.8 Å². The first-order chi connectivity index (χ1) is 8.41. The first-order valence-corrected chi connectivity index (χ1v) is 7.57. The lowest BCUT2D eigenvalue weighted by Gasteiger charge is -2.44. The van der Waals surface area contributed by atoms with Crippen LogP contribution in [0.15, 0.2) is 0 Å². The fourth-order valence-corrected chi connectivity index (χ4v) is 3.35. The Labute approximate surface area is 113 Å². The highest BCUT2D eigenvalue weighted by Gasteiger charge is 2.34. The highest BCUT2D eigenvalue weighted by molar-refractivity contribution is 4.88. The van der Waals surface area contributed by atoms with E-state index in [0.29, 0.717) is 12.0 Å². The van der Waals surface area contributed by atoms with Crippen LogP contribution in [0.2, 0.25) is 0 Å². The lowest BCUT2D eigenvalue weighted by atomic mass is 9.76. The van der Waals surface area contributed by atoms with E-state index in [4.69, 9.17) is 5.73 Å². The third-order valence-corrected chi connectivity index (χ3v) is 4.41. The van der Waals surface area contributed by atoms with Crippen molar-refractivity contribution in [1.29, 1.82) is 0 Å². The second kappa shape index (κ2) is 6.88. The molecule has 18 heavy (non-hydrogen) atoms. The Morgan fingerprint density at radius 2 is 1.94 bits per heavy atom. The van der Waals surface area contributed by atoms with Gasteiger partial charge in [0.25, 0.3) is 0 Å². The average Bonchev–Trinajstić information content (AvgIpc) is 2.34. The molecule has 3 heteroatoms. The predicted octanol–water partition coefficient (Wildman–Crippen LogP) is 2.23. The molecule has 3 nitrogen and oxygen atoms in total. The average molecular weight is 256 g/mol. The van der Waals surface area contributed by atoms with E-state index < -0.39 is 5.60 Å². The zero-order valence-electron chi connectivity index (χ0n) is 12.7. The van der Waals surface area contributed by atoms with Crippen LogP contribution in [-0.4, -0.2) is 41.3 Å². The smallest absolute Gasteiger partial charge is 0.0718 e. The number of hydrogen-bond acceptors (Lipinski definition) is 3. The fourth-order valence-electron chi connectivity index (χ4n) is 3.35. The van der Waals surface area contributed by atoms with Crippen LogP contribution in [-0.2, 0) is 0 Å². The molecule has 108 valence electrons. The van der Waals surface area contributed by atoms with Crippen LogP contribution in [0.5, 0.6) is 0 Å². The van der Waals surface area contributed by atoms with Crippen LogP contribution >= 0.6 is 0 Å². The maximum absolute atomic E-state index is 10.1. The SMILES string of the molecule is CCC1CCC(CN)C(N(CC)CC(C)(C)O)C1. The molecular weight excluding hydrogens is 224 g/mol. The summed E-state index contributed by atoms with van der Waals surface area (Å²) in [5.74, 6) is 1.45. The number of likely N-dealkylation sites (N-methyl/N-ethyl adjacent to an activating group) is 1. The Bertz CT molecular complexity index is 237. The number of rotatable bonds is 6. The second-order valence-corrected chi connectivity index (χ2v) is 6.53. The highest BCUT2D eigenvalue weighted by atomic mass is 16.3. The Balaban J connectivity index is 2.72. The van der Waals surface area contributed by atoms with Crippen molar-refractivity contribution in [2.75, 3.05) is 19.6 Å². The minimum absolute atomic E-state index is 0.560. The van der Waals surface area contributed by atoms with Crippen LogP contribution < -0.4 is 5.73 Å². The van der Waals surface area contributed by atoms with Crippen molar-refractivity contribution in [2.45, 2.75) is 65.0 Å². The first-order valence-electron chi connectivity index (χ1n) is 7.57. The molecule has 0 aromatic rings. The summed E-state index contributed by atoms with van der Waals surface area (Å²) in [5.41, 5.74) is 5.33. The fraction of sp³-hybridized carbons (Fsp3) is 1.00. The molecule has 1 fully saturated rings. The molecule has 0 aromatic carbocycles. The topological polar surface area (TPSA) is 49.5 Å². The van der Waals surface area contributed by atoms with Crippen LogP contribution in [0.4, 0.5) is 0 Å². The zero-order valence-corrected chi connectivity index (χ0v) is 12.7. The molecule has 0 radical (unpaired) electrons. The Hall–Kier alpha value is -0.120. The van der Waals surface area contributed by atoms with E-state index in [2.05, 4.69) is 18.7 Å². The van der Waals surface area contributed by atoms with Gasteiger partial charge in [0.15, 0.2) is 0 Å². The predicted molar refractivity (Wildman–Crippen MR) is 77.5 cm³/mol. The summed E-state index contributed by atoms with van der Waals surface area (Å²) in [6.07, 6.45) is 5.10. The number of nitrogens with two attached hydrogens (primary N) is 1. The van der Waals surface area contributed by atoms with E-state index in [9.17, 15) is 5.11 Å². The van der Waals surface area contributed by atoms with Crippen molar-refractivity contribution in [3.8, 4) is 0 Å². The minimum atomic E-state index is -0.617. The summed E-state index contributed by atoms with van der Waals surface area (Å²) < 4.78 is 0. The van der Waals surface area contributed by atoms with Gasteiger partial charge in [-0.25, -0.2) is 0 Å². The van der Waals surface area contributed by atoms with Gasteiger partial charge in [0.2, 0.25) is 0 Å². The minimum Gasteiger partial charge on any atom is -0.389 e. The summed E-state index contributed by atoms with van der Waals surface area (Å²) in [7, 11) is 0. The molecule has 0 aliphatic heterocycles. The molecule has 0 spiro atoms. The summed E-state index contributed by atoms with van der Waals surface area (Å²) >= 11 is 0. The molecule has 0 amide bonds. The molecule has 0 aromatic heterocycles. The van der Waals surface area contributed by atoms with Gasteiger partial charge in [0.05, 0.1) is 5.60 Å². The van der Waals surface area contributed by atoms with Gasteiger partial charge in [-0.2, -0.15) is 0 Å². The molecule has 1 saturated carbocycles. The van der Waals surface area contributed by atoms with Crippen molar-refractivity contribution in [2.24, 2.45) is 17.6 Å². The maximum atomic E-state index is 10.1. The van der Waals surface area contributed by atoms with Crippen molar-refractivity contribution >= 4 is 0 Å². The van der Waals surface area contributed by atoms with Crippen molar-refractivity contribution in [3.63, 3.8) is 0 Å². The van der Waals surface area contributed by atoms with Crippen LogP contribution in [0, 0.1) is 11.8 Å². The van der Waals surface area contributed by atoms with Crippen molar-refractivity contribution < 1.29 is 5.11 Å². The van der Waals surface area contributed by atoms with Crippen molar-refractivity contribution in [1.82, 2.24) is 4.90 Å².